The standard InChI is InChI=1S/C35H43N3O5S/c1-5-7-20-42-21-22-43-31-14-8-27(9-15-31)28-10-18-34(41-4)29(23-28)11-19-35(39)37-30-12-16-32(17-13-30)44(40)24-33-26(3)36-25-38(33)6-2/h8-19,23,25,29,34H,5-7,20-22,24H2,1-4H3,(H,37,39)/b19-11+. The fourth-order valence-corrected chi connectivity index (χ4v) is 6.07. The van der Waals surface area contributed by atoms with Crippen molar-refractivity contribution in [1.29, 1.82) is 0 Å². The summed E-state index contributed by atoms with van der Waals surface area (Å²) in [5.41, 5.74) is 4.60. The van der Waals surface area contributed by atoms with E-state index >= 15 is 0 Å². The molecule has 9 heteroatoms. The third-order valence-corrected chi connectivity index (χ3v) is 8.77. The van der Waals surface area contributed by atoms with Crippen LogP contribution in [0, 0.1) is 12.8 Å². The van der Waals surface area contributed by atoms with Crippen molar-refractivity contribution < 1.29 is 23.6 Å². The van der Waals surface area contributed by atoms with Crippen molar-refractivity contribution >= 4 is 28.3 Å². The van der Waals surface area contributed by atoms with Crippen LogP contribution in [0.2, 0.25) is 0 Å². The third-order valence-electron chi connectivity index (χ3n) is 7.43. The van der Waals surface area contributed by atoms with Crippen molar-refractivity contribution in [2.24, 2.45) is 5.92 Å². The van der Waals surface area contributed by atoms with E-state index in [9.17, 15) is 9.35 Å². The molecule has 1 aromatic heterocycles. The van der Waals surface area contributed by atoms with Gasteiger partial charge in [-0.2, -0.15) is 0 Å². The first-order valence-corrected chi connectivity index (χ1v) is 16.5. The van der Waals surface area contributed by atoms with Crippen molar-refractivity contribution in [3.63, 3.8) is 0 Å². The van der Waals surface area contributed by atoms with E-state index in [1.807, 2.05) is 60.9 Å². The Balaban J connectivity index is 1.31. The number of allylic oxidation sites excluding steroid dienone is 2. The molecule has 1 aliphatic carbocycles. The van der Waals surface area contributed by atoms with Crippen LogP contribution in [-0.2, 0) is 37.7 Å². The summed E-state index contributed by atoms with van der Waals surface area (Å²) in [6.45, 7) is 8.76. The van der Waals surface area contributed by atoms with Crippen molar-refractivity contribution in [1.82, 2.24) is 9.55 Å². The molecule has 1 heterocycles. The first-order valence-electron chi connectivity index (χ1n) is 15.1. The fourth-order valence-electron chi connectivity index (χ4n) is 4.84. The maximum absolute atomic E-state index is 13.0. The quantitative estimate of drug-likeness (QED) is 0.112. The summed E-state index contributed by atoms with van der Waals surface area (Å²) in [7, 11) is 1.66. The zero-order valence-electron chi connectivity index (χ0n) is 26.0. The number of nitrogens with zero attached hydrogens (tertiary/aromatic N) is 2. The third kappa shape index (κ3) is 9.43. The van der Waals surface area contributed by atoms with Crippen LogP contribution in [0.1, 0.15) is 43.6 Å². The average Bonchev–Trinajstić information content (AvgIpc) is 3.40. The number of imidazole rings is 1. The van der Waals surface area contributed by atoms with E-state index in [1.165, 1.54) is 6.08 Å². The van der Waals surface area contributed by atoms with E-state index in [0.717, 1.165) is 54.3 Å². The first-order chi connectivity index (χ1) is 21.4. The van der Waals surface area contributed by atoms with Crippen molar-refractivity contribution in [3.05, 3.63) is 102 Å². The number of carbonyl (C=O) groups is 1. The van der Waals surface area contributed by atoms with E-state index in [4.69, 9.17) is 14.2 Å². The second kappa shape index (κ2) is 17.0. The highest BCUT2D eigenvalue weighted by Crippen LogP contribution is 2.28. The Morgan fingerprint density at radius 3 is 2.57 bits per heavy atom. The van der Waals surface area contributed by atoms with E-state index < -0.39 is 11.2 Å². The number of hydrogen-bond donors (Lipinski definition) is 1. The minimum absolute atomic E-state index is 0.119. The van der Waals surface area contributed by atoms with E-state index in [-0.39, 0.29) is 17.9 Å². The molecule has 8 nitrogen and oxygen atoms in total. The number of amides is 1. The van der Waals surface area contributed by atoms with Crippen LogP contribution in [0.4, 0.5) is 5.69 Å². The Labute approximate surface area is 264 Å². The molecule has 234 valence electrons. The normalized spacial score (nSPS) is 17.1. The molecule has 1 aliphatic rings. The van der Waals surface area contributed by atoms with Crippen LogP contribution in [0.3, 0.4) is 0 Å². The second-order valence-electron chi connectivity index (χ2n) is 10.5. The summed E-state index contributed by atoms with van der Waals surface area (Å²) < 4.78 is 32.0. The number of unbranched alkanes of at least 4 members (excludes halogenated alkanes) is 1. The fraction of sp³-hybridized carbons (Fsp3) is 0.371. The summed E-state index contributed by atoms with van der Waals surface area (Å²) in [5.74, 6) is 0.828. The molecule has 0 radical (unpaired) electrons. The predicted molar refractivity (Wildman–Crippen MR) is 176 cm³/mol. The number of hydrogen-bond acceptors (Lipinski definition) is 6. The van der Waals surface area contributed by atoms with Gasteiger partial charge in [0, 0.05) is 31.9 Å². The maximum Gasteiger partial charge on any atom is 0.248 e. The lowest BCUT2D eigenvalue weighted by molar-refractivity contribution is -0.111. The van der Waals surface area contributed by atoms with Crippen LogP contribution in [0.5, 0.6) is 5.75 Å². The van der Waals surface area contributed by atoms with Crippen LogP contribution < -0.4 is 10.1 Å². The van der Waals surface area contributed by atoms with Gasteiger partial charge in [-0.15, -0.1) is 0 Å². The minimum atomic E-state index is -1.22. The van der Waals surface area contributed by atoms with Gasteiger partial charge < -0.3 is 28.6 Å². The Kier molecular flexibility index (Phi) is 12.9. The summed E-state index contributed by atoms with van der Waals surface area (Å²) in [4.78, 5) is 17.8. The molecule has 0 bridgehead atoms. The van der Waals surface area contributed by atoms with Gasteiger partial charge in [0.25, 0.3) is 0 Å². The smallest absolute Gasteiger partial charge is 0.248 e. The van der Waals surface area contributed by atoms with Crippen LogP contribution in [0.25, 0.3) is 5.57 Å². The Morgan fingerprint density at radius 2 is 1.86 bits per heavy atom. The zero-order chi connectivity index (χ0) is 31.3. The lowest BCUT2D eigenvalue weighted by Crippen LogP contribution is -2.20. The molecule has 0 saturated heterocycles. The van der Waals surface area contributed by atoms with Crippen molar-refractivity contribution in [3.8, 4) is 5.75 Å². The average molecular weight is 618 g/mol. The summed E-state index contributed by atoms with van der Waals surface area (Å²) in [6.07, 6.45) is 13.3. The van der Waals surface area contributed by atoms with Gasteiger partial charge in [0.05, 0.1) is 30.4 Å². The molecule has 44 heavy (non-hydrogen) atoms. The minimum Gasteiger partial charge on any atom is -0.611 e. The second-order valence-corrected chi connectivity index (χ2v) is 12.0. The SMILES string of the molecule is CCCCOCCOc1ccc(C2=CC(/C=C/C(=O)Nc3ccc([S+]([O-])Cc4c(C)ncn4CC)cc3)C(OC)C=C2)cc1. The molecule has 0 saturated carbocycles. The number of nitrogens with one attached hydrogen (secondary N) is 1. The molecule has 2 aromatic carbocycles. The number of anilines is 1. The number of ether oxygens (including phenoxy) is 3. The van der Waals surface area contributed by atoms with Crippen LogP contribution >= 0.6 is 0 Å². The Hall–Kier alpha value is -3.63. The summed E-state index contributed by atoms with van der Waals surface area (Å²) in [5, 5.41) is 2.89. The first kappa shape index (κ1) is 33.3. The molecule has 3 aromatic rings. The number of methoxy groups -OCH3 is 1. The highest BCUT2D eigenvalue weighted by molar-refractivity contribution is 7.90. The molecular formula is C35H43N3O5S. The number of rotatable bonds is 16. The predicted octanol–water partition coefficient (Wildman–Crippen LogP) is 6.49. The van der Waals surface area contributed by atoms with Gasteiger partial charge >= 0.3 is 0 Å². The lowest BCUT2D eigenvalue weighted by atomic mass is 9.90. The van der Waals surface area contributed by atoms with Gasteiger partial charge in [-0.3, -0.25) is 4.79 Å². The maximum atomic E-state index is 13.0. The van der Waals surface area contributed by atoms with E-state index in [1.54, 1.807) is 37.7 Å². The topological polar surface area (TPSA) is 97.7 Å². The number of aromatic nitrogens is 2. The highest BCUT2D eigenvalue weighted by atomic mass is 32.2. The molecule has 0 spiro atoms. The van der Waals surface area contributed by atoms with Gasteiger partial charge in [0.1, 0.15) is 12.4 Å². The van der Waals surface area contributed by atoms with E-state index in [0.29, 0.717) is 29.5 Å². The van der Waals surface area contributed by atoms with Gasteiger partial charge in [-0.1, -0.05) is 49.8 Å². The molecule has 1 N–H and O–H groups in total. The van der Waals surface area contributed by atoms with Gasteiger partial charge in [0.2, 0.25) is 5.91 Å². The summed E-state index contributed by atoms with van der Waals surface area (Å²) in [6, 6.07) is 15.1. The number of carbonyl (C=O) groups excluding carboxylic acids is 1. The molecular weight excluding hydrogens is 574 g/mol. The molecule has 1 amide bonds. The Morgan fingerprint density at radius 1 is 1.09 bits per heavy atom. The van der Waals surface area contributed by atoms with Crippen molar-refractivity contribution in [2.45, 2.75) is 56.9 Å². The van der Waals surface area contributed by atoms with Crippen LogP contribution in [0.15, 0.2) is 90.1 Å². The van der Waals surface area contributed by atoms with Gasteiger partial charge in [-0.05, 0) is 85.1 Å². The molecule has 3 unspecified atom stereocenters. The molecule has 3 atom stereocenters. The van der Waals surface area contributed by atoms with Crippen LogP contribution in [-0.4, -0.2) is 53.0 Å². The van der Waals surface area contributed by atoms with Gasteiger partial charge in [-0.25, -0.2) is 4.98 Å². The largest absolute Gasteiger partial charge is 0.611 e. The van der Waals surface area contributed by atoms with E-state index in [2.05, 4.69) is 23.3 Å². The molecule has 0 aliphatic heterocycles. The monoisotopic (exact) mass is 617 g/mol. The number of aryl methyl sites for hydroxylation is 2. The molecule has 4 rings (SSSR count). The molecule has 0 fully saturated rings. The van der Waals surface area contributed by atoms with Gasteiger partial charge in [0.15, 0.2) is 10.6 Å². The summed E-state index contributed by atoms with van der Waals surface area (Å²) >= 11 is -1.22. The lowest BCUT2D eigenvalue weighted by Gasteiger charge is -2.23. The van der Waals surface area contributed by atoms with Crippen molar-refractivity contribution in [2.75, 3.05) is 32.2 Å². The Bertz CT molecular complexity index is 1430. The highest BCUT2D eigenvalue weighted by Gasteiger charge is 2.20. The number of benzene rings is 2. The zero-order valence-corrected chi connectivity index (χ0v) is 26.8.